The van der Waals surface area contributed by atoms with Gasteiger partial charge in [0.2, 0.25) is 5.91 Å². The van der Waals surface area contributed by atoms with Crippen molar-refractivity contribution in [2.75, 3.05) is 19.3 Å². The van der Waals surface area contributed by atoms with Crippen molar-refractivity contribution in [1.82, 2.24) is 15.1 Å². The van der Waals surface area contributed by atoms with Crippen LogP contribution in [-0.2, 0) is 9.59 Å². The normalized spacial score (nSPS) is 21.9. The van der Waals surface area contributed by atoms with Crippen LogP contribution in [0.4, 0.5) is 4.79 Å². The molecule has 0 spiro atoms. The highest BCUT2D eigenvalue weighted by molar-refractivity contribution is 8.00. The third-order valence-corrected chi connectivity index (χ3v) is 4.10. The lowest BCUT2D eigenvalue weighted by atomic mass is 10.3. The number of thioether (sulfide) groups is 1. The molecule has 8 heteroatoms. The van der Waals surface area contributed by atoms with Crippen LogP contribution in [0.1, 0.15) is 20.8 Å². The standard InChI is InChI=1S/C12H21N3O4S/c1-7(2)13-10(16)5-14(4)12(19)15-8(3)20-6-9(15)11(17)18/h7-9H,5-6H2,1-4H3,(H,13,16)(H,17,18). The van der Waals surface area contributed by atoms with Gasteiger partial charge in [0.25, 0.3) is 0 Å². The number of hydrogen-bond acceptors (Lipinski definition) is 4. The Morgan fingerprint density at radius 1 is 1.45 bits per heavy atom. The van der Waals surface area contributed by atoms with Crippen LogP contribution in [0.15, 0.2) is 0 Å². The van der Waals surface area contributed by atoms with E-state index in [1.807, 2.05) is 13.8 Å². The maximum absolute atomic E-state index is 12.3. The summed E-state index contributed by atoms with van der Waals surface area (Å²) in [5.74, 6) is -0.911. The van der Waals surface area contributed by atoms with E-state index in [-0.39, 0.29) is 23.9 Å². The predicted molar refractivity (Wildman–Crippen MR) is 76.5 cm³/mol. The first-order valence-corrected chi connectivity index (χ1v) is 7.46. The summed E-state index contributed by atoms with van der Waals surface area (Å²) in [4.78, 5) is 37.6. The third-order valence-electron chi connectivity index (χ3n) is 2.89. The Kier molecular flexibility index (Phi) is 5.67. The van der Waals surface area contributed by atoms with Crippen molar-refractivity contribution in [2.45, 2.75) is 38.2 Å². The van der Waals surface area contributed by atoms with Gasteiger partial charge >= 0.3 is 12.0 Å². The smallest absolute Gasteiger partial charge is 0.327 e. The molecule has 7 nitrogen and oxygen atoms in total. The van der Waals surface area contributed by atoms with Gasteiger partial charge in [0.1, 0.15) is 12.6 Å². The average Bonchev–Trinajstić information content (AvgIpc) is 2.68. The van der Waals surface area contributed by atoms with E-state index in [4.69, 9.17) is 5.11 Å². The van der Waals surface area contributed by atoms with Crippen molar-refractivity contribution in [1.29, 1.82) is 0 Å². The number of aliphatic carboxylic acids is 1. The first kappa shape index (κ1) is 16.6. The van der Waals surface area contributed by atoms with Gasteiger partial charge in [-0.05, 0) is 20.8 Å². The van der Waals surface area contributed by atoms with Crippen molar-refractivity contribution in [3.05, 3.63) is 0 Å². The van der Waals surface area contributed by atoms with Crippen LogP contribution < -0.4 is 5.32 Å². The molecule has 1 aliphatic heterocycles. The van der Waals surface area contributed by atoms with Crippen molar-refractivity contribution >= 4 is 29.7 Å². The van der Waals surface area contributed by atoms with Crippen molar-refractivity contribution in [3.8, 4) is 0 Å². The minimum absolute atomic E-state index is 0.000893. The first-order chi connectivity index (χ1) is 9.23. The summed E-state index contributed by atoms with van der Waals surface area (Å²) in [6.45, 7) is 5.36. The summed E-state index contributed by atoms with van der Waals surface area (Å²) in [6.07, 6.45) is 0. The van der Waals surface area contributed by atoms with Gasteiger partial charge in [0.05, 0.1) is 5.37 Å². The van der Waals surface area contributed by atoms with Crippen molar-refractivity contribution < 1.29 is 19.5 Å². The van der Waals surface area contributed by atoms with Crippen LogP contribution in [0.5, 0.6) is 0 Å². The molecule has 114 valence electrons. The molecule has 1 fully saturated rings. The van der Waals surface area contributed by atoms with Crippen LogP contribution in [0, 0.1) is 0 Å². The molecule has 1 heterocycles. The number of likely N-dealkylation sites (N-methyl/N-ethyl adjacent to an activating group) is 1. The summed E-state index contributed by atoms with van der Waals surface area (Å²) in [6, 6.07) is -1.27. The molecule has 3 amide bonds. The number of rotatable bonds is 4. The number of amides is 3. The third kappa shape index (κ3) is 4.03. The van der Waals surface area contributed by atoms with E-state index in [1.165, 1.54) is 28.6 Å². The van der Waals surface area contributed by atoms with Crippen molar-refractivity contribution in [2.24, 2.45) is 0 Å². The molecule has 0 aromatic rings. The van der Waals surface area contributed by atoms with Crippen LogP contribution in [0.3, 0.4) is 0 Å². The van der Waals surface area contributed by atoms with Gasteiger partial charge in [-0.2, -0.15) is 0 Å². The molecule has 1 aliphatic rings. The van der Waals surface area contributed by atoms with Gasteiger partial charge in [-0.15, -0.1) is 11.8 Å². The Morgan fingerprint density at radius 2 is 2.05 bits per heavy atom. The fourth-order valence-corrected chi connectivity index (χ4v) is 3.13. The van der Waals surface area contributed by atoms with Crippen molar-refractivity contribution in [3.63, 3.8) is 0 Å². The van der Waals surface area contributed by atoms with Gasteiger partial charge in [0.15, 0.2) is 0 Å². The van der Waals surface area contributed by atoms with E-state index >= 15 is 0 Å². The lowest BCUT2D eigenvalue weighted by Crippen LogP contribution is -2.52. The van der Waals surface area contributed by atoms with Gasteiger partial charge in [-0.25, -0.2) is 9.59 Å². The average molecular weight is 303 g/mol. The number of urea groups is 1. The number of nitrogens with zero attached hydrogens (tertiary/aromatic N) is 2. The second-order valence-corrected chi connectivity index (χ2v) is 6.40. The molecule has 0 aliphatic carbocycles. The Labute approximate surface area is 122 Å². The molecular formula is C12H21N3O4S. The second-order valence-electron chi connectivity index (χ2n) is 5.05. The number of nitrogens with one attached hydrogen (secondary N) is 1. The zero-order valence-electron chi connectivity index (χ0n) is 12.1. The van der Waals surface area contributed by atoms with E-state index in [1.54, 1.807) is 6.92 Å². The van der Waals surface area contributed by atoms with Gasteiger partial charge in [0, 0.05) is 18.8 Å². The number of carboxylic acid groups (broad SMARTS) is 1. The summed E-state index contributed by atoms with van der Waals surface area (Å²) < 4.78 is 0. The fraction of sp³-hybridized carbons (Fsp3) is 0.750. The van der Waals surface area contributed by atoms with E-state index < -0.39 is 18.0 Å². The molecule has 0 radical (unpaired) electrons. The molecule has 1 saturated heterocycles. The highest BCUT2D eigenvalue weighted by Crippen LogP contribution is 2.29. The second kappa shape index (κ2) is 6.83. The lowest BCUT2D eigenvalue weighted by molar-refractivity contribution is -0.141. The Balaban J connectivity index is 2.67. The van der Waals surface area contributed by atoms with Gasteiger partial charge < -0.3 is 15.3 Å². The molecule has 1 rings (SSSR count). The van der Waals surface area contributed by atoms with Gasteiger partial charge in [-0.3, -0.25) is 9.69 Å². The first-order valence-electron chi connectivity index (χ1n) is 6.41. The summed E-state index contributed by atoms with van der Waals surface area (Å²) in [5, 5.41) is 11.6. The molecule has 2 atom stereocenters. The number of carboxylic acids is 1. The Morgan fingerprint density at radius 3 is 2.55 bits per heavy atom. The van der Waals surface area contributed by atoms with E-state index in [2.05, 4.69) is 5.32 Å². The highest BCUT2D eigenvalue weighted by atomic mass is 32.2. The molecular weight excluding hydrogens is 282 g/mol. The molecule has 2 N–H and O–H groups in total. The minimum Gasteiger partial charge on any atom is -0.480 e. The highest BCUT2D eigenvalue weighted by Gasteiger charge is 2.40. The molecule has 0 bridgehead atoms. The Hall–Kier alpha value is -1.44. The lowest BCUT2D eigenvalue weighted by Gasteiger charge is -2.29. The van der Waals surface area contributed by atoms with Gasteiger partial charge in [-0.1, -0.05) is 0 Å². The fourth-order valence-electron chi connectivity index (χ4n) is 1.97. The summed E-state index contributed by atoms with van der Waals surface area (Å²) in [5.41, 5.74) is 0. The Bertz CT molecular complexity index is 402. The summed E-state index contributed by atoms with van der Waals surface area (Å²) in [7, 11) is 1.50. The predicted octanol–water partition coefficient (Wildman–Crippen LogP) is 0.411. The molecule has 0 saturated carbocycles. The summed E-state index contributed by atoms with van der Waals surface area (Å²) >= 11 is 1.41. The number of carbonyl (C=O) groups excluding carboxylic acids is 2. The molecule has 2 unspecified atom stereocenters. The zero-order valence-corrected chi connectivity index (χ0v) is 12.9. The largest absolute Gasteiger partial charge is 0.480 e. The van der Waals surface area contributed by atoms with E-state index in [9.17, 15) is 14.4 Å². The zero-order chi connectivity index (χ0) is 15.4. The quantitative estimate of drug-likeness (QED) is 0.785. The monoisotopic (exact) mass is 303 g/mol. The minimum atomic E-state index is -1.02. The van der Waals surface area contributed by atoms with Crippen LogP contribution in [0.25, 0.3) is 0 Å². The maximum atomic E-state index is 12.3. The number of carbonyl (C=O) groups is 3. The molecule has 20 heavy (non-hydrogen) atoms. The van der Waals surface area contributed by atoms with E-state index in [0.29, 0.717) is 5.75 Å². The molecule has 0 aromatic heterocycles. The van der Waals surface area contributed by atoms with Crippen LogP contribution in [-0.4, -0.2) is 69.6 Å². The topological polar surface area (TPSA) is 90.0 Å². The van der Waals surface area contributed by atoms with Crippen LogP contribution >= 0.6 is 11.8 Å². The number of hydrogen-bond donors (Lipinski definition) is 2. The SMILES string of the molecule is CC(C)NC(=O)CN(C)C(=O)N1C(C)SCC1C(=O)O. The maximum Gasteiger partial charge on any atom is 0.327 e. The van der Waals surface area contributed by atoms with Crippen LogP contribution in [0.2, 0.25) is 0 Å². The molecule has 0 aromatic carbocycles. The van der Waals surface area contributed by atoms with E-state index in [0.717, 1.165) is 0 Å².